The number of nitrogens with one attached hydrogen (secondary N) is 1. The van der Waals surface area contributed by atoms with Gasteiger partial charge in [-0.3, -0.25) is 4.79 Å². The van der Waals surface area contributed by atoms with Crippen molar-refractivity contribution in [2.24, 2.45) is 0 Å². The molecular formula is C12H15N3O. The van der Waals surface area contributed by atoms with Gasteiger partial charge in [0.1, 0.15) is 0 Å². The number of carbonyl (C=O) groups is 1. The van der Waals surface area contributed by atoms with Crippen LogP contribution in [0.25, 0.3) is 0 Å². The van der Waals surface area contributed by atoms with Crippen LogP contribution in [0.3, 0.4) is 0 Å². The number of amides is 1. The average Bonchev–Trinajstić information content (AvgIpc) is 2.35. The third kappa shape index (κ3) is 3.28. The molecule has 0 aliphatic carbocycles. The molecule has 1 aromatic rings. The summed E-state index contributed by atoms with van der Waals surface area (Å²) < 4.78 is 0. The van der Waals surface area contributed by atoms with Gasteiger partial charge in [0.25, 0.3) is 0 Å². The van der Waals surface area contributed by atoms with Crippen molar-refractivity contribution in [1.82, 2.24) is 5.32 Å². The van der Waals surface area contributed by atoms with Crippen LogP contribution in [-0.4, -0.2) is 26.5 Å². The largest absolute Gasteiger partial charge is 0.374 e. The van der Waals surface area contributed by atoms with Crippen molar-refractivity contribution < 1.29 is 4.79 Å². The number of benzene rings is 1. The van der Waals surface area contributed by atoms with Crippen LogP contribution in [0.4, 0.5) is 5.69 Å². The highest BCUT2D eigenvalue weighted by Crippen LogP contribution is 2.13. The molecule has 4 nitrogen and oxygen atoms in total. The molecule has 0 spiro atoms. The van der Waals surface area contributed by atoms with Crippen molar-refractivity contribution in [2.75, 3.05) is 25.5 Å². The molecule has 1 aromatic carbocycles. The zero-order valence-electron chi connectivity index (χ0n) is 9.53. The van der Waals surface area contributed by atoms with Crippen molar-refractivity contribution in [3.8, 4) is 6.07 Å². The van der Waals surface area contributed by atoms with Gasteiger partial charge in [-0.25, -0.2) is 0 Å². The number of hydrogen-bond acceptors (Lipinski definition) is 3. The lowest BCUT2D eigenvalue weighted by atomic mass is 10.2. The highest BCUT2D eigenvalue weighted by atomic mass is 16.1. The van der Waals surface area contributed by atoms with Gasteiger partial charge >= 0.3 is 0 Å². The molecule has 4 heteroatoms. The Morgan fingerprint density at radius 3 is 2.56 bits per heavy atom. The molecule has 0 heterocycles. The fraction of sp³-hybridized carbons (Fsp3) is 0.333. The maximum absolute atomic E-state index is 11.1. The fourth-order valence-corrected chi connectivity index (χ4v) is 1.31. The molecule has 0 saturated carbocycles. The lowest BCUT2D eigenvalue weighted by Gasteiger charge is -2.18. The van der Waals surface area contributed by atoms with Gasteiger partial charge < -0.3 is 10.2 Å². The Kier molecular flexibility index (Phi) is 4.34. The van der Waals surface area contributed by atoms with Crippen LogP contribution in [0, 0.1) is 11.3 Å². The Morgan fingerprint density at radius 2 is 2.06 bits per heavy atom. The summed E-state index contributed by atoms with van der Waals surface area (Å²) in [4.78, 5) is 13.0. The molecule has 1 amide bonds. The Bertz CT molecular complexity index is 392. The average molecular weight is 217 g/mol. The van der Waals surface area contributed by atoms with Gasteiger partial charge in [0.15, 0.2) is 0 Å². The van der Waals surface area contributed by atoms with Crippen molar-refractivity contribution in [2.45, 2.75) is 6.42 Å². The SMILES string of the molecule is CNC(=O)CCN(C)c1ccc(C#N)cc1. The van der Waals surface area contributed by atoms with E-state index in [0.717, 1.165) is 5.69 Å². The summed E-state index contributed by atoms with van der Waals surface area (Å²) in [5, 5.41) is 11.2. The summed E-state index contributed by atoms with van der Waals surface area (Å²) in [6, 6.07) is 9.36. The van der Waals surface area contributed by atoms with E-state index in [-0.39, 0.29) is 5.91 Å². The van der Waals surface area contributed by atoms with E-state index in [9.17, 15) is 4.79 Å². The normalized spacial score (nSPS) is 9.31. The summed E-state index contributed by atoms with van der Waals surface area (Å²) in [5.74, 6) is 0.0282. The van der Waals surface area contributed by atoms with E-state index in [1.807, 2.05) is 24.1 Å². The highest BCUT2D eigenvalue weighted by Gasteiger charge is 2.03. The molecule has 0 atom stereocenters. The van der Waals surface area contributed by atoms with Crippen LogP contribution in [0.1, 0.15) is 12.0 Å². The zero-order chi connectivity index (χ0) is 12.0. The molecule has 84 valence electrons. The van der Waals surface area contributed by atoms with E-state index in [1.54, 1.807) is 19.2 Å². The second-order valence-electron chi connectivity index (χ2n) is 3.50. The molecule has 0 aromatic heterocycles. The summed E-state index contributed by atoms with van der Waals surface area (Å²) in [6.45, 7) is 0.658. The number of carbonyl (C=O) groups excluding carboxylic acids is 1. The predicted molar refractivity (Wildman–Crippen MR) is 63.1 cm³/mol. The smallest absolute Gasteiger partial charge is 0.221 e. The summed E-state index contributed by atoms with van der Waals surface area (Å²) >= 11 is 0. The number of nitrogens with zero attached hydrogens (tertiary/aromatic N) is 2. The summed E-state index contributed by atoms with van der Waals surface area (Å²) in [6.07, 6.45) is 0.465. The first-order valence-electron chi connectivity index (χ1n) is 5.09. The summed E-state index contributed by atoms with van der Waals surface area (Å²) in [7, 11) is 3.55. The first-order chi connectivity index (χ1) is 7.67. The molecular weight excluding hydrogens is 202 g/mol. The quantitative estimate of drug-likeness (QED) is 0.822. The standard InChI is InChI=1S/C12H15N3O/c1-14-12(16)7-8-15(2)11-5-3-10(9-13)4-6-11/h3-6H,7-8H2,1-2H3,(H,14,16). The van der Waals surface area contributed by atoms with Gasteiger partial charge in [-0.2, -0.15) is 5.26 Å². The van der Waals surface area contributed by atoms with Crippen molar-refractivity contribution in [1.29, 1.82) is 5.26 Å². The molecule has 0 aliphatic heterocycles. The van der Waals surface area contributed by atoms with Gasteiger partial charge in [0.05, 0.1) is 11.6 Å². The minimum atomic E-state index is 0.0282. The lowest BCUT2D eigenvalue weighted by Crippen LogP contribution is -2.26. The molecule has 16 heavy (non-hydrogen) atoms. The van der Waals surface area contributed by atoms with Crippen LogP contribution in [-0.2, 0) is 4.79 Å². The fourth-order valence-electron chi connectivity index (χ4n) is 1.31. The van der Waals surface area contributed by atoms with E-state index in [1.165, 1.54) is 0 Å². The number of anilines is 1. The van der Waals surface area contributed by atoms with Gasteiger partial charge in [0, 0.05) is 32.7 Å². The first kappa shape index (κ1) is 12.1. The predicted octanol–water partition coefficient (Wildman–Crippen LogP) is 1.13. The van der Waals surface area contributed by atoms with Crippen LogP contribution < -0.4 is 10.2 Å². The van der Waals surface area contributed by atoms with Crippen LogP contribution >= 0.6 is 0 Å². The van der Waals surface area contributed by atoms with E-state index in [2.05, 4.69) is 11.4 Å². The van der Waals surface area contributed by atoms with E-state index >= 15 is 0 Å². The lowest BCUT2D eigenvalue weighted by molar-refractivity contribution is -0.120. The first-order valence-corrected chi connectivity index (χ1v) is 5.09. The molecule has 0 saturated heterocycles. The van der Waals surface area contributed by atoms with Gasteiger partial charge in [-0.05, 0) is 24.3 Å². The van der Waals surface area contributed by atoms with Crippen molar-refractivity contribution in [3.63, 3.8) is 0 Å². The van der Waals surface area contributed by atoms with Gasteiger partial charge in [-0.15, -0.1) is 0 Å². The van der Waals surface area contributed by atoms with Crippen LogP contribution in [0.15, 0.2) is 24.3 Å². The molecule has 0 aliphatic rings. The van der Waals surface area contributed by atoms with Crippen LogP contribution in [0.5, 0.6) is 0 Å². The van der Waals surface area contributed by atoms with E-state index < -0.39 is 0 Å². The number of hydrogen-bond donors (Lipinski definition) is 1. The molecule has 1 rings (SSSR count). The third-order valence-electron chi connectivity index (χ3n) is 2.39. The molecule has 0 bridgehead atoms. The Labute approximate surface area is 95.5 Å². The maximum Gasteiger partial charge on any atom is 0.221 e. The maximum atomic E-state index is 11.1. The van der Waals surface area contributed by atoms with E-state index in [0.29, 0.717) is 18.5 Å². The minimum Gasteiger partial charge on any atom is -0.374 e. The molecule has 0 radical (unpaired) electrons. The van der Waals surface area contributed by atoms with Crippen LogP contribution in [0.2, 0.25) is 0 Å². The minimum absolute atomic E-state index is 0.0282. The van der Waals surface area contributed by atoms with E-state index in [4.69, 9.17) is 5.26 Å². The molecule has 0 unspecified atom stereocenters. The second-order valence-corrected chi connectivity index (χ2v) is 3.50. The topological polar surface area (TPSA) is 56.1 Å². The molecule has 0 fully saturated rings. The highest BCUT2D eigenvalue weighted by molar-refractivity contribution is 5.76. The van der Waals surface area contributed by atoms with Gasteiger partial charge in [-0.1, -0.05) is 0 Å². The number of rotatable bonds is 4. The summed E-state index contributed by atoms with van der Waals surface area (Å²) in [5.41, 5.74) is 1.64. The zero-order valence-corrected chi connectivity index (χ0v) is 9.53. The molecule has 1 N–H and O–H groups in total. The Balaban J connectivity index is 2.56. The third-order valence-corrected chi connectivity index (χ3v) is 2.39. The number of nitriles is 1. The monoisotopic (exact) mass is 217 g/mol. The van der Waals surface area contributed by atoms with Crippen molar-refractivity contribution in [3.05, 3.63) is 29.8 Å². The Morgan fingerprint density at radius 1 is 1.44 bits per heavy atom. The second kappa shape index (κ2) is 5.76. The van der Waals surface area contributed by atoms with Gasteiger partial charge in [0.2, 0.25) is 5.91 Å². The Hall–Kier alpha value is -2.02. The van der Waals surface area contributed by atoms with Crippen molar-refractivity contribution >= 4 is 11.6 Å².